The highest BCUT2D eigenvalue weighted by atomic mass is 19.4. The van der Waals surface area contributed by atoms with Crippen LogP contribution in [0.2, 0.25) is 0 Å². The number of alkyl halides is 5. The molecule has 0 saturated heterocycles. The van der Waals surface area contributed by atoms with E-state index in [0.717, 1.165) is 0 Å². The maximum Gasteiger partial charge on any atom is 0.416 e. The SMILES string of the molecule is COc1ccc(C(=O)C(F)(F)c2ccc(C(F)(F)F)cc2)cc1. The predicted molar refractivity (Wildman–Crippen MR) is 72.7 cm³/mol. The number of carbonyl (C=O) groups is 1. The van der Waals surface area contributed by atoms with Gasteiger partial charge in [0.2, 0.25) is 5.78 Å². The van der Waals surface area contributed by atoms with E-state index in [0.29, 0.717) is 30.0 Å². The number of hydrogen-bond acceptors (Lipinski definition) is 2. The van der Waals surface area contributed by atoms with Gasteiger partial charge in [0.25, 0.3) is 0 Å². The lowest BCUT2D eigenvalue weighted by Crippen LogP contribution is -2.26. The first-order chi connectivity index (χ1) is 10.7. The van der Waals surface area contributed by atoms with Gasteiger partial charge >= 0.3 is 12.1 Å². The van der Waals surface area contributed by atoms with Gasteiger partial charge in [0.1, 0.15) is 5.75 Å². The van der Waals surface area contributed by atoms with Crippen LogP contribution < -0.4 is 4.74 Å². The minimum atomic E-state index is -4.63. The highest BCUT2D eigenvalue weighted by molar-refractivity contribution is 6.01. The van der Waals surface area contributed by atoms with E-state index in [1.54, 1.807) is 0 Å². The van der Waals surface area contributed by atoms with Gasteiger partial charge in [-0.1, -0.05) is 12.1 Å². The Morgan fingerprint density at radius 1 is 0.826 bits per heavy atom. The monoisotopic (exact) mass is 330 g/mol. The van der Waals surface area contributed by atoms with E-state index in [1.165, 1.54) is 31.4 Å². The summed E-state index contributed by atoms with van der Waals surface area (Å²) in [6, 6.07) is 7.26. The summed E-state index contributed by atoms with van der Waals surface area (Å²) in [5, 5.41) is 0. The molecule has 0 bridgehead atoms. The second kappa shape index (κ2) is 5.98. The van der Waals surface area contributed by atoms with Crippen molar-refractivity contribution in [1.29, 1.82) is 0 Å². The van der Waals surface area contributed by atoms with Gasteiger partial charge in [-0.3, -0.25) is 4.79 Å². The number of halogens is 5. The fourth-order valence-corrected chi connectivity index (χ4v) is 1.92. The smallest absolute Gasteiger partial charge is 0.416 e. The molecule has 0 atom stereocenters. The summed E-state index contributed by atoms with van der Waals surface area (Å²) < 4.78 is 70.6. The van der Waals surface area contributed by atoms with Crippen LogP contribution in [0, 0.1) is 0 Å². The van der Waals surface area contributed by atoms with Crippen LogP contribution in [0.15, 0.2) is 48.5 Å². The largest absolute Gasteiger partial charge is 0.497 e. The topological polar surface area (TPSA) is 26.3 Å². The minimum absolute atomic E-state index is 0.268. The Kier molecular flexibility index (Phi) is 4.40. The van der Waals surface area contributed by atoms with Crippen LogP contribution in [-0.2, 0) is 12.1 Å². The van der Waals surface area contributed by atoms with Gasteiger partial charge in [0.15, 0.2) is 0 Å². The van der Waals surface area contributed by atoms with Gasteiger partial charge in [-0.25, -0.2) is 0 Å². The van der Waals surface area contributed by atoms with Crippen molar-refractivity contribution in [1.82, 2.24) is 0 Å². The van der Waals surface area contributed by atoms with Gasteiger partial charge in [-0.2, -0.15) is 22.0 Å². The van der Waals surface area contributed by atoms with E-state index < -0.39 is 29.0 Å². The lowest BCUT2D eigenvalue weighted by atomic mass is 9.98. The number of benzene rings is 2. The van der Waals surface area contributed by atoms with Crippen LogP contribution in [-0.4, -0.2) is 12.9 Å². The summed E-state index contributed by atoms with van der Waals surface area (Å²) in [4.78, 5) is 11.9. The molecule has 0 spiro atoms. The molecule has 0 aliphatic carbocycles. The van der Waals surface area contributed by atoms with Gasteiger partial charge in [-0.15, -0.1) is 0 Å². The Morgan fingerprint density at radius 2 is 1.30 bits per heavy atom. The number of methoxy groups -OCH3 is 1. The molecule has 0 saturated carbocycles. The van der Waals surface area contributed by atoms with Gasteiger partial charge < -0.3 is 4.74 Å². The first-order valence-corrected chi connectivity index (χ1v) is 6.40. The fourth-order valence-electron chi connectivity index (χ4n) is 1.92. The second-order valence-corrected chi connectivity index (χ2v) is 4.71. The van der Waals surface area contributed by atoms with Crippen LogP contribution in [0.1, 0.15) is 21.5 Å². The Hall–Kier alpha value is -2.44. The molecular formula is C16H11F5O2. The Balaban J connectivity index is 2.30. The normalized spacial score (nSPS) is 12.1. The molecule has 2 aromatic rings. The molecule has 2 aromatic carbocycles. The van der Waals surface area contributed by atoms with E-state index in [4.69, 9.17) is 4.74 Å². The Labute approximate surface area is 128 Å². The molecule has 0 fully saturated rings. The lowest BCUT2D eigenvalue weighted by molar-refractivity contribution is -0.137. The zero-order valence-corrected chi connectivity index (χ0v) is 11.8. The van der Waals surface area contributed by atoms with Crippen molar-refractivity contribution in [3.8, 4) is 5.75 Å². The molecular weight excluding hydrogens is 319 g/mol. The van der Waals surface area contributed by atoms with E-state index in [2.05, 4.69) is 0 Å². The maximum absolute atomic E-state index is 14.2. The molecule has 122 valence electrons. The third-order valence-corrected chi connectivity index (χ3v) is 3.21. The van der Waals surface area contributed by atoms with Crippen molar-refractivity contribution in [3.63, 3.8) is 0 Å². The second-order valence-electron chi connectivity index (χ2n) is 4.71. The summed E-state index contributed by atoms with van der Waals surface area (Å²) >= 11 is 0. The number of Topliss-reactive ketones (excluding diaryl/α,β-unsaturated/α-hetero) is 1. The zero-order chi connectivity index (χ0) is 17.3. The predicted octanol–water partition coefficient (Wildman–Crippen LogP) is 4.69. The first-order valence-electron chi connectivity index (χ1n) is 6.40. The average Bonchev–Trinajstić information content (AvgIpc) is 2.53. The Morgan fingerprint density at radius 3 is 1.74 bits per heavy atom. The third-order valence-electron chi connectivity index (χ3n) is 3.21. The van der Waals surface area contributed by atoms with Gasteiger partial charge in [0, 0.05) is 11.1 Å². The van der Waals surface area contributed by atoms with Crippen molar-refractivity contribution >= 4 is 5.78 Å². The molecule has 7 heteroatoms. The van der Waals surface area contributed by atoms with E-state index in [1.807, 2.05) is 0 Å². The molecule has 0 aromatic heterocycles. The molecule has 0 aliphatic heterocycles. The standard InChI is InChI=1S/C16H11F5O2/c1-23-13-8-2-10(3-9-13)14(22)15(17,18)11-4-6-12(7-5-11)16(19,20)21/h2-9H,1H3. The molecule has 2 rings (SSSR count). The van der Waals surface area contributed by atoms with Crippen molar-refractivity contribution in [2.75, 3.05) is 7.11 Å². The van der Waals surface area contributed by atoms with E-state index in [9.17, 15) is 26.7 Å². The van der Waals surface area contributed by atoms with Gasteiger partial charge in [-0.05, 0) is 36.4 Å². The molecule has 0 heterocycles. The first kappa shape index (κ1) is 16.9. The van der Waals surface area contributed by atoms with E-state index >= 15 is 0 Å². The molecule has 2 nitrogen and oxygen atoms in total. The summed E-state index contributed by atoms with van der Waals surface area (Å²) in [7, 11) is 1.38. The number of ketones is 1. The van der Waals surface area contributed by atoms with Crippen molar-refractivity contribution in [2.45, 2.75) is 12.1 Å². The molecule has 0 N–H and O–H groups in total. The summed E-state index contributed by atoms with van der Waals surface area (Å²) in [6.45, 7) is 0. The summed E-state index contributed by atoms with van der Waals surface area (Å²) in [5.41, 5.74) is -2.13. The van der Waals surface area contributed by atoms with Crippen molar-refractivity contribution in [2.24, 2.45) is 0 Å². The molecule has 0 unspecified atom stereocenters. The summed E-state index contributed by atoms with van der Waals surface area (Å²) in [5.74, 6) is -5.04. The van der Waals surface area contributed by atoms with E-state index in [-0.39, 0.29) is 5.56 Å². The maximum atomic E-state index is 14.2. The van der Waals surface area contributed by atoms with Crippen LogP contribution in [0.4, 0.5) is 22.0 Å². The quantitative estimate of drug-likeness (QED) is 0.600. The fraction of sp³-hybridized carbons (Fsp3) is 0.188. The molecule has 0 radical (unpaired) electrons. The third kappa shape index (κ3) is 3.49. The molecule has 0 amide bonds. The number of rotatable bonds is 4. The van der Waals surface area contributed by atoms with Gasteiger partial charge in [0.05, 0.1) is 12.7 Å². The van der Waals surface area contributed by atoms with Crippen molar-refractivity contribution < 1.29 is 31.5 Å². The number of carbonyl (C=O) groups excluding carboxylic acids is 1. The minimum Gasteiger partial charge on any atom is -0.497 e. The Bertz CT molecular complexity index is 688. The number of ether oxygens (including phenoxy) is 1. The summed E-state index contributed by atoms with van der Waals surface area (Å²) in [6.07, 6.45) is -4.63. The zero-order valence-electron chi connectivity index (χ0n) is 11.8. The average molecular weight is 330 g/mol. The van der Waals surface area contributed by atoms with Crippen LogP contribution in [0.5, 0.6) is 5.75 Å². The van der Waals surface area contributed by atoms with Crippen LogP contribution in [0.3, 0.4) is 0 Å². The highest BCUT2D eigenvalue weighted by Gasteiger charge is 2.42. The highest BCUT2D eigenvalue weighted by Crippen LogP contribution is 2.35. The van der Waals surface area contributed by atoms with Crippen LogP contribution in [0.25, 0.3) is 0 Å². The number of hydrogen-bond donors (Lipinski definition) is 0. The molecule has 0 aliphatic rings. The lowest BCUT2D eigenvalue weighted by Gasteiger charge is -2.16. The van der Waals surface area contributed by atoms with Crippen molar-refractivity contribution in [3.05, 3.63) is 65.2 Å². The van der Waals surface area contributed by atoms with Crippen LogP contribution >= 0.6 is 0 Å². The molecule has 23 heavy (non-hydrogen) atoms.